The number of aromatic nitrogens is 2. The van der Waals surface area contributed by atoms with Crippen LogP contribution in [0.2, 0.25) is 0 Å². The zero-order valence-corrected chi connectivity index (χ0v) is 8.93. The van der Waals surface area contributed by atoms with E-state index in [0.717, 1.165) is 0 Å². The summed E-state index contributed by atoms with van der Waals surface area (Å²) in [4.78, 5) is 29.0. The number of aliphatic carboxylic acids is 1. The molecule has 0 aliphatic heterocycles. The first kappa shape index (κ1) is 12.4. The third-order valence-electron chi connectivity index (χ3n) is 1.64. The molecular weight excluding hydrogens is 226 g/mol. The zero-order chi connectivity index (χ0) is 12.8. The van der Waals surface area contributed by atoms with Crippen molar-refractivity contribution in [2.24, 2.45) is 0 Å². The normalized spacial score (nSPS) is 9.00. The molecule has 0 spiro atoms. The molecule has 17 heavy (non-hydrogen) atoms. The van der Waals surface area contributed by atoms with Crippen molar-refractivity contribution in [3.8, 4) is 11.8 Å². The van der Waals surface area contributed by atoms with Gasteiger partial charge in [-0.05, 0) is 5.92 Å². The molecule has 1 rings (SSSR count). The molecule has 0 aromatic carbocycles. The molecule has 0 radical (unpaired) electrons. The topological polar surface area (TPSA) is 115 Å². The Morgan fingerprint density at radius 2 is 2.29 bits per heavy atom. The first-order valence-electron chi connectivity index (χ1n) is 4.46. The van der Waals surface area contributed by atoms with Crippen molar-refractivity contribution in [2.45, 2.75) is 6.42 Å². The van der Waals surface area contributed by atoms with E-state index >= 15 is 0 Å². The summed E-state index contributed by atoms with van der Waals surface area (Å²) in [5.41, 5.74) is 5.44. The van der Waals surface area contributed by atoms with Gasteiger partial charge in [-0.3, -0.25) is 4.79 Å². The average Bonchev–Trinajstić information content (AvgIpc) is 2.30. The summed E-state index contributed by atoms with van der Waals surface area (Å²) < 4.78 is 4.45. The standard InChI is InChI=1S/C10H9N3O4/c1-17-10(16)8-9(11)12-5-6(13-8)3-2-4-7(14)15/h5H,4H2,1H3,(H2,11,12)(H,14,15). The van der Waals surface area contributed by atoms with Crippen molar-refractivity contribution < 1.29 is 19.4 Å². The van der Waals surface area contributed by atoms with Crippen LogP contribution in [-0.4, -0.2) is 34.1 Å². The largest absolute Gasteiger partial charge is 0.481 e. The van der Waals surface area contributed by atoms with E-state index in [4.69, 9.17) is 10.8 Å². The fourth-order valence-electron chi connectivity index (χ4n) is 0.916. The quantitative estimate of drug-likeness (QED) is 0.532. The molecular formula is C10H9N3O4. The Labute approximate surface area is 96.6 Å². The number of carboxylic acid groups (broad SMARTS) is 1. The number of nitrogens with zero attached hydrogens (tertiary/aromatic N) is 2. The molecule has 0 fully saturated rings. The van der Waals surface area contributed by atoms with Crippen LogP contribution in [0, 0.1) is 11.8 Å². The van der Waals surface area contributed by atoms with Crippen LogP contribution >= 0.6 is 0 Å². The average molecular weight is 235 g/mol. The van der Waals surface area contributed by atoms with Crippen molar-refractivity contribution >= 4 is 17.8 Å². The van der Waals surface area contributed by atoms with Gasteiger partial charge in [-0.1, -0.05) is 5.92 Å². The number of ether oxygens (including phenoxy) is 1. The number of anilines is 1. The van der Waals surface area contributed by atoms with E-state index in [9.17, 15) is 9.59 Å². The molecule has 0 unspecified atom stereocenters. The molecule has 7 heteroatoms. The van der Waals surface area contributed by atoms with E-state index < -0.39 is 11.9 Å². The highest BCUT2D eigenvalue weighted by atomic mass is 16.5. The third kappa shape index (κ3) is 3.46. The number of esters is 1. The summed E-state index contributed by atoms with van der Waals surface area (Å²) in [6.45, 7) is 0. The molecule has 0 bridgehead atoms. The highest BCUT2D eigenvalue weighted by molar-refractivity contribution is 5.91. The monoisotopic (exact) mass is 235 g/mol. The van der Waals surface area contributed by atoms with Gasteiger partial charge >= 0.3 is 11.9 Å². The minimum atomic E-state index is -1.05. The maximum absolute atomic E-state index is 11.2. The number of methoxy groups -OCH3 is 1. The molecule has 1 aromatic rings. The smallest absolute Gasteiger partial charge is 0.360 e. The second kappa shape index (κ2) is 5.46. The predicted molar refractivity (Wildman–Crippen MR) is 56.9 cm³/mol. The number of nitrogen functional groups attached to an aromatic ring is 1. The maximum atomic E-state index is 11.2. The molecule has 0 saturated carbocycles. The van der Waals surface area contributed by atoms with Gasteiger partial charge in [0.2, 0.25) is 0 Å². The van der Waals surface area contributed by atoms with Gasteiger partial charge in [0.15, 0.2) is 11.5 Å². The lowest BCUT2D eigenvalue weighted by Crippen LogP contribution is -2.10. The number of carbonyl (C=O) groups excluding carboxylic acids is 1. The summed E-state index contributed by atoms with van der Waals surface area (Å²) in [5, 5.41) is 8.38. The fraction of sp³-hybridized carbons (Fsp3) is 0.200. The van der Waals surface area contributed by atoms with Crippen molar-refractivity contribution in [3.05, 3.63) is 17.6 Å². The zero-order valence-electron chi connectivity index (χ0n) is 8.93. The number of hydrogen-bond acceptors (Lipinski definition) is 6. The summed E-state index contributed by atoms with van der Waals surface area (Å²) in [6, 6.07) is 0. The summed E-state index contributed by atoms with van der Waals surface area (Å²) in [7, 11) is 1.19. The Bertz CT molecular complexity index is 516. The van der Waals surface area contributed by atoms with E-state index in [1.165, 1.54) is 13.3 Å². The number of carboxylic acids is 1. The van der Waals surface area contributed by atoms with Crippen molar-refractivity contribution in [2.75, 3.05) is 12.8 Å². The van der Waals surface area contributed by atoms with Crippen LogP contribution < -0.4 is 5.73 Å². The highest BCUT2D eigenvalue weighted by Crippen LogP contribution is 2.06. The van der Waals surface area contributed by atoms with Crippen molar-refractivity contribution in [1.82, 2.24) is 9.97 Å². The Morgan fingerprint density at radius 3 is 2.88 bits per heavy atom. The SMILES string of the molecule is COC(=O)c1nc(C#CCC(=O)O)cnc1N. The third-order valence-corrected chi connectivity index (χ3v) is 1.64. The Balaban J connectivity index is 2.99. The number of rotatable bonds is 2. The Kier molecular flexibility index (Phi) is 4.00. The van der Waals surface area contributed by atoms with Gasteiger partial charge < -0.3 is 15.6 Å². The Hall–Kier alpha value is -2.62. The van der Waals surface area contributed by atoms with Gasteiger partial charge in [0, 0.05) is 0 Å². The Morgan fingerprint density at radius 1 is 1.59 bits per heavy atom. The van der Waals surface area contributed by atoms with Crippen LogP contribution in [0.15, 0.2) is 6.20 Å². The molecule has 88 valence electrons. The van der Waals surface area contributed by atoms with Crippen molar-refractivity contribution in [3.63, 3.8) is 0 Å². The second-order valence-corrected chi connectivity index (χ2v) is 2.85. The first-order valence-corrected chi connectivity index (χ1v) is 4.46. The number of hydrogen-bond donors (Lipinski definition) is 2. The molecule has 0 atom stereocenters. The van der Waals surface area contributed by atoms with Gasteiger partial charge in [-0.25, -0.2) is 14.8 Å². The number of carbonyl (C=O) groups is 2. The van der Waals surface area contributed by atoms with Crippen LogP contribution in [0.4, 0.5) is 5.82 Å². The summed E-state index contributed by atoms with van der Waals surface area (Å²) in [5.74, 6) is 2.97. The van der Waals surface area contributed by atoms with E-state index in [0.29, 0.717) is 0 Å². The van der Waals surface area contributed by atoms with Crippen LogP contribution in [0.3, 0.4) is 0 Å². The molecule has 0 saturated heterocycles. The van der Waals surface area contributed by atoms with Crippen molar-refractivity contribution in [1.29, 1.82) is 0 Å². The fourth-order valence-corrected chi connectivity index (χ4v) is 0.916. The lowest BCUT2D eigenvalue weighted by molar-refractivity contribution is -0.135. The summed E-state index contributed by atoms with van der Waals surface area (Å²) >= 11 is 0. The lowest BCUT2D eigenvalue weighted by Gasteiger charge is -2.01. The first-order chi connectivity index (χ1) is 8.04. The van der Waals surface area contributed by atoms with E-state index in [1.54, 1.807) is 0 Å². The number of nitrogens with two attached hydrogens (primary N) is 1. The minimum Gasteiger partial charge on any atom is -0.481 e. The van der Waals surface area contributed by atoms with E-state index in [2.05, 4.69) is 26.5 Å². The maximum Gasteiger partial charge on any atom is 0.360 e. The second-order valence-electron chi connectivity index (χ2n) is 2.85. The molecule has 1 heterocycles. The highest BCUT2D eigenvalue weighted by Gasteiger charge is 2.13. The van der Waals surface area contributed by atoms with Gasteiger partial charge in [0.25, 0.3) is 0 Å². The molecule has 0 aliphatic carbocycles. The van der Waals surface area contributed by atoms with Crippen LogP contribution in [0.25, 0.3) is 0 Å². The molecule has 0 amide bonds. The summed E-state index contributed by atoms with van der Waals surface area (Å²) in [6.07, 6.45) is 0.927. The molecule has 0 aliphatic rings. The molecule has 3 N–H and O–H groups in total. The molecule has 1 aromatic heterocycles. The van der Waals surface area contributed by atoms with Crippen LogP contribution in [0.1, 0.15) is 22.6 Å². The van der Waals surface area contributed by atoms with Crippen LogP contribution in [0.5, 0.6) is 0 Å². The van der Waals surface area contributed by atoms with Gasteiger partial charge in [0.05, 0.1) is 13.3 Å². The molecule has 7 nitrogen and oxygen atoms in total. The van der Waals surface area contributed by atoms with Gasteiger partial charge in [-0.15, -0.1) is 0 Å². The lowest BCUT2D eigenvalue weighted by atomic mass is 10.3. The van der Waals surface area contributed by atoms with Gasteiger partial charge in [-0.2, -0.15) is 0 Å². The minimum absolute atomic E-state index is 0.0689. The van der Waals surface area contributed by atoms with Gasteiger partial charge in [0.1, 0.15) is 12.1 Å². The van der Waals surface area contributed by atoms with E-state index in [-0.39, 0.29) is 23.6 Å². The predicted octanol–water partition coefficient (Wildman–Crippen LogP) is -0.328. The van der Waals surface area contributed by atoms with E-state index in [1.807, 2.05) is 0 Å². The van der Waals surface area contributed by atoms with Crippen LogP contribution in [-0.2, 0) is 9.53 Å².